The van der Waals surface area contributed by atoms with Crippen molar-refractivity contribution >= 4 is 23.0 Å². The van der Waals surface area contributed by atoms with Gasteiger partial charge in [0.1, 0.15) is 5.75 Å². The van der Waals surface area contributed by atoms with E-state index in [1.165, 1.54) is 11.1 Å². The number of hydrogen-bond donors (Lipinski definition) is 1. The van der Waals surface area contributed by atoms with Gasteiger partial charge >= 0.3 is 0 Å². The molecule has 0 unspecified atom stereocenters. The molecular formula is C18H18N2OS. The van der Waals surface area contributed by atoms with Crippen LogP contribution in [0.1, 0.15) is 30.5 Å². The average molecular weight is 310 g/mol. The zero-order chi connectivity index (χ0) is 15.3. The van der Waals surface area contributed by atoms with Crippen molar-refractivity contribution in [3.8, 4) is 5.75 Å². The summed E-state index contributed by atoms with van der Waals surface area (Å²) in [7, 11) is 0. The van der Waals surface area contributed by atoms with Crippen LogP contribution in [-0.2, 0) is 0 Å². The maximum Gasteiger partial charge on any atom is 0.188 e. The second-order valence-electron chi connectivity index (χ2n) is 6.20. The highest BCUT2D eigenvalue weighted by atomic mass is 32.1. The van der Waals surface area contributed by atoms with E-state index in [2.05, 4.69) is 54.4 Å². The van der Waals surface area contributed by atoms with Crippen molar-refractivity contribution in [2.75, 3.05) is 4.90 Å². The van der Waals surface area contributed by atoms with Gasteiger partial charge in [0, 0.05) is 17.7 Å². The van der Waals surface area contributed by atoms with E-state index in [4.69, 9.17) is 17.0 Å². The topological polar surface area (TPSA) is 24.5 Å². The molecule has 112 valence electrons. The van der Waals surface area contributed by atoms with Crippen molar-refractivity contribution in [2.24, 2.45) is 0 Å². The average Bonchev–Trinajstić information content (AvgIpc) is 2.46. The molecule has 3 nitrogen and oxygen atoms in total. The highest BCUT2D eigenvalue weighted by molar-refractivity contribution is 7.80. The highest BCUT2D eigenvalue weighted by Gasteiger charge is 2.48. The fourth-order valence-electron chi connectivity index (χ4n) is 3.48. The van der Waals surface area contributed by atoms with Crippen molar-refractivity contribution in [2.45, 2.75) is 32.0 Å². The van der Waals surface area contributed by atoms with Gasteiger partial charge in [0.2, 0.25) is 0 Å². The Kier molecular flexibility index (Phi) is 2.91. The summed E-state index contributed by atoms with van der Waals surface area (Å²) in [5.41, 5.74) is 3.00. The number of rotatable bonds is 1. The molecule has 2 aromatic carbocycles. The molecule has 2 atom stereocenters. The zero-order valence-corrected chi connectivity index (χ0v) is 13.5. The molecule has 0 radical (unpaired) electrons. The van der Waals surface area contributed by atoms with Crippen LogP contribution < -0.4 is 15.0 Å². The van der Waals surface area contributed by atoms with Crippen LogP contribution in [0.25, 0.3) is 0 Å². The van der Waals surface area contributed by atoms with Gasteiger partial charge in [-0.1, -0.05) is 30.3 Å². The maximum atomic E-state index is 6.37. The van der Waals surface area contributed by atoms with Crippen LogP contribution in [0, 0.1) is 6.92 Å². The van der Waals surface area contributed by atoms with Gasteiger partial charge in [-0.05, 0) is 49.8 Å². The Balaban J connectivity index is 1.82. The van der Waals surface area contributed by atoms with E-state index in [1.54, 1.807) is 0 Å². The largest absolute Gasteiger partial charge is 0.467 e. The number of aryl methyl sites for hydroxylation is 1. The van der Waals surface area contributed by atoms with Crippen LogP contribution in [0.2, 0.25) is 0 Å². The molecule has 1 saturated heterocycles. The smallest absolute Gasteiger partial charge is 0.188 e. The number of benzene rings is 2. The summed E-state index contributed by atoms with van der Waals surface area (Å²) in [6, 6.07) is 16.8. The molecule has 4 heteroatoms. The third kappa shape index (κ3) is 1.98. The zero-order valence-electron chi connectivity index (χ0n) is 12.7. The minimum Gasteiger partial charge on any atom is -0.467 e. The molecule has 2 aromatic rings. The summed E-state index contributed by atoms with van der Waals surface area (Å²) < 4.78 is 6.37. The first-order valence-corrected chi connectivity index (χ1v) is 7.93. The Hall–Kier alpha value is -2.07. The second-order valence-corrected chi connectivity index (χ2v) is 6.58. The van der Waals surface area contributed by atoms with Gasteiger partial charge in [0.15, 0.2) is 10.8 Å². The van der Waals surface area contributed by atoms with Crippen molar-refractivity contribution in [3.63, 3.8) is 0 Å². The first-order valence-electron chi connectivity index (χ1n) is 7.52. The highest BCUT2D eigenvalue weighted by Crippen LogP contribution is 2.45. The van der Waals surface area contributed by atoms with E-state index in [0.717, 1.165) is 23.0 Å². The lowest BCUT2D eigenvalue weighted by molar-refractivity contribution is 0.0498. The molecule has 1 N–H and O–H groups in total. The summed E-state index contributed by atoms with van der Waals surface area (Å²) >= 11 is 5.64. The molecule has 2 aliphatic rings. The predicted molar refractivity (Wildman–Crippen MR) is 92.2 cm³/mol. The van der Waals surface area contributed by atoms with Crippen molar-refractivity contribution in [3.05, 3.63) is 59.7 Å². The molecule has 0 amide bonds. The van der Waals surface area contributed by atoms with E-state index in [9.17, 15) is 0 Å². The molecule has 0 spiro atoms. The standard InChI is InChI=1S/C18H18N2OS/c1-12-6-5-7-13(10-12)20-17(22)19-15-11-18(20,2)21-16-9-4-3-8-14(15)16/h3-10,15H,11H2,1-2H3,(H,19,22)/t15-,18+/m0/s1. The second kappa shape index (κ2) is 4.71. The number of nitrogens with one attached hydrogen (secondary N) is 1. The molecule has 0 aliphatic carbocycles. The molecule has 2 bridgehead atoms. The monoisotopic (exact) mass is 310 g/mol. The van der Waals surface area contributed by atoms with Gasteiger partial charge in [-0.15, -0.1) is 0 Å². The minimum atomic E-state index is -0.463. The van der Waals surface area contributed by atoms with Crippen molar-refractivity contribution < 1.29 is 4.74 Å². The third-order valence-corrected chi connectivity index (χ3v) is 4.74. The Morgan fingerprint density at radius 3 is 2.86 bits per heavy atom. The Bertz CT molecular complexity index is 760. The summed E-state index contributed by atoms with van der Waals surface area (Å²) in [4.78, 5) is 2.10. The molecule has 0 saturated carbocycles. The molecule has 22 heavy (non-hydrogen) atoms. The molecule has 1 fully saturated rings. The molecule has 2 heterocycles. The van der Waals surface area contributed by atoms with Crippen LogP contribution in [0.4, 0.5) is 5.69 Å². The first-order chi connectivity index (χ1) is 10.6. The maximum absolute atomic E-state index is 6.37. The first kappa shape index (κ1) is 13.6. The molecule has 0 aromatic heterocycles. The lowest BCUT2D eigenvalue weighted by atomic mass is 9.90. The van der Waals surface area contributed by atoms with Crippen molar-refractivity contribution in [1.29, 1.82) is 0 Å². The van der Waals surface area contributed by atoms with Gasteiger partial charge < -0.3 is 10.1 Å². The summed E-state index contributed by atoms with van der Waals surface area (Å²) in [5.74, 6) is 0.939. The fourth-order valence-corrected chi connectivity index (χ4v) is 3.92. The van der Waals surface area contributed by atoms with Crippen LogP contribution in [-0.4, -0.2) is 10.8 Å². The van der Waals surface area contributed by atoms with Crippen LogP contribution in [0.15, 0.2) is 48.5 Å². The molecule has 4 rings (SSSR count). The Morgan fingerprint density at radius 2 is 2.05 bits per heavy atom. The SMILES string of the molecule is Cc1cccc(N2C(=S)N[C@H]3C[C@@]2(C)Oc2ccccc23)c1. The van der Waals surface area contributed by atoms with Crippen molar-refractivity contribution in [1.82, 2.24) is 5.32 Å². The normalized spacial score (nSPS) is 26.0. The summed E-state index contributed by atoms with van der Waals surface area (Å²) in [5, 5.41) is 4.20. The van der Waals surface area contributed by atoms with Gasteiger partial charge in [-0.2, -0.15) is 0 Å². The fraction of sp³-hybridized carbons (Fsp3) is 0.278. The van der Waals surface area contributed by atoms with Crippen LogP contribution in [0.3, 0.4) is 0 Å². The van der Waals surface area contributed by atoms with E-state index in [0.29, 0.717) is 0 Å². The molecular weight excluding hydrogens is 292 g/mol. The Labute approximate surface area is 135 Å². The predicted octanol–water partition coefficient (Wildman–Crippen LogP) is 3.93. The number of para-hydroxylation sites is 1. The Morgan fingerprint density at radius 1 is 1.23 bits per heavy atom. The van der Waals surface area contributed by atoms with Gasteiger partial charge in [0.25, 0.3) is 0 Å². The molecule has 2 aliphatic heterocycles. The van der Waals surface area contributed by atoms with E-state index in [-0.39, 0.29) is 6.04 Å². The lowest BCUT2D eigenvalue weighted by Gasteiger charge is -2.52. The van der Waals surface area contributed by atoms with Gasteiger partial charge in [-0.3, -0.25) is 4.90 Å². The number of hydrogen-bond acceptors (Lipinski definition) is 2. The number of fused-ring (bicyclic) bond motifs is 4. The van der Waals surface area contributed by atoms with E-state index >= 15 is 0 Å². The third-order valence-electron chi connectivity index (χ3n) is 4.44. The quantitative estimate of drug-likeness (QED) is 0.807. The summed E-state index contributed by atoms with van der Waals surface area (Å²) in [6.07, 6.45) is 0.859. The summed E-state index contributed by atoms with van der Waals surface area (Å²) in [6.45, 7) is 4.21. The van der Waals surface area contributed by atoms with E-state index in [1.807, 2.05) is 18.2 Å². The van der Waals surface area contributed by atoms with Gasteiger partial charge in [0.05, 0.1) is 6.04 Å². The van der Waals surface area contributed by atoms with Crippen LogP contribution >= 0.6 is 12.2 Å². The van der Waals surface area contributed by atoms with E-state index < -0.39 is 5.72 Å². The number of thiocarbonyl (C=S) groups is 1. The minimum absolute atomic E-state index is 0.212. The van der Waals surface area contributed by atoms with Gasteiger partial charge in [-0.25, -0.2) is 0 Å². The number of anilines is 1. The number of nitrogens with zero attached hydrogens (tertiary/aromatic N) is 1. The lowest BCUT2D eigenvalue weighted by Crippen LogP contribution is -2.65. The van der Waals surface area contributed by atoms with Crippen LogP contribution in [0.5, 0.6) is 5.75 Å². The number of ether oxygens (including phenoxy) is 1.